The number of aromatic nitrogens is 1. The van der Waals surface area contributed by atoms with Crippen LogP contribution in [0.5, 0.6) is 0 Å². The predicted molar refractivity (Wildman–Crippen MR) is 102 cm³/mol. The molecule has 5 heteroatoms. The summed E-state index contributed by atoms with van der Waals surface area (Å²) < 4.78 is 0. The van der Waals surface area contributed by atoms with E-state index in [2.05, 4.69) is 64.9 Å². The summed E-state index contributed by atoms with van der Waals surface area (Å²) in [5, 5.41) is 8.03. The molecule has 4 nitrogen and oxygen atoms in total. The first-order valence-corrected chi connectivity index (χ1v) is 7.26. The number of guanidine groups is 1. The van der Waals surface area contributed by atoms with Crippen molar-refractivity contribution in [2.24, 2.45) is 4.99 Å². The normalized spacial score (nSPS) is 12.8. The van der Waals surface area contributed by atoms with Crippen molar-refractivity contribution in [3.05, 3.63) is 36.0 Å². The molecule has 1 heterocycles. The van der Waals surface area contributed by atoms with Gasteiger partial charge in [-0.05, 0) is 31.4 Å². The van der Waals surface area contributed by atoms with Gasteiger partial charge in [-0.3, -0.25) is 4.99 Å². The zero-order valence-corrected chi connectivity index (χ0v) is 15.3. The molecule has 21 heavy (non-hydrogen) atoms. The third-order valence-corrected chi connectivity index (χ3v) is 3.58. The van der Waals surface area contributed by atoms with Gasteiger partial charge in [-0.25, -0.2) is 0 Å². The molecule has 1 unspecified atom stereocenters. The van der Waals surface area contributed by atoms with Crippen LogP contribution < -0.4 is 10.6 Å². The van der Waals surface area contributed by atoms with E-state index < -0.39 is 0 Å². The van der Waals surface area contributed by atoms with Crippen LogP contribution in [-0.2, 0) is 6.42 Å². The number of aliphatic imine (C=N–C) groups is 1. The summed E-state index contributed by atoms with van der Waals surface area (Å²) in [5.41, 5.74) is 2.54. The summed E-state index contributed by atoms with van der Waals surface area (Å²) in [6.07, 6.45) is 4.16. The first kappa shape index (κ1) is 17.8. The van der Waals surface area contributed by atoms with Crippen LogP contribution in [0.3, 0.4) is 0 Å². The van der Waals surface area contributed by atoms with Crippen molar-refractivity contribution in [2.75, 3.05) is 13.6 Å². The van der Waals surface area contributed by atoms with Gasteiger partial charge in [0.25, 0.3) is 0 Å². The Bertz CT molecular complexity index is 576. The Labute approximate surface area is 143 Å². The molecule has 0 radical (unpaired) electrons. The minimum absolute atomic E-state index is 0. The summed E-state index contributed by atoms with van der Waals surface area (Å²) >= 11 is 0. The van der Waals surface area contributed by atoms with Gasteiger partial charge in [0.05, 0.1) is 0 Å². The van der Waals surface area contributed by atoms with Crippen molar-refractivity contribution in [1.82, 2.24) is 15.6 Å². The largest absolute Gasteiger partial charge is 0.361 e. The molecule has 1 aromatic carbocycles. The number of para-hydroxylation sites is 1. The highest BCUT2D eigenvalue weighted by Crippen LogP contribution is 2.17. The Morgan fingerprint density at radius 2 is 2.10 bits per heavy atom. The summed E-state index contributed by atoms with van der Waals surface area (Å²) in [6, 6.07) is 8.84. The molecule has 0 aliphatic rings. The van der Waals surface area contributed by atoms with Gasteiger partial charge in [0.15, 0.2) is 5.96 Å². The van der Waals surface area contributed by atoms with Gasteiger partial charge in [0.1, 0.15) is 0 Å². The average molecular weight is 400 g/mol. The van der Waals surface area contributed by atoms with Crippen LogP contribution >= 0.6 is 24.0 Å². The SMILES string of the molecule is CCC(C)NC(=NC)NCCc1c[nH]c2ccccc12.I. The second-order valence-electron chi connectivity index (χ2n) is 5.06. The maximum absolute atomic E-state index is 4.24. The molecule has 0 amide bonds. The van der Waals surface area contributed by atoms with Crippen LogP contribution in [0, 0.1) is 0 Å². The van der Waals surface area contributed by atoms with E-state index in [1.54, 1.807) is 0 Å². The number of hydrogen-bond acceptors (Lipinski definition) is 1. The Balaban J connectivity index is 0.00000220. The Kier molecular flexibility index (Phi) is 7.56. The molecule has 1 aromatic heterocycles. The monoisotopic (exact) mass is 400 g/mol. The highest BCUT2D eigenvalue weighted by Gasteiger charge is 2.04. The molecule has 0 spiro atoms. The smallest absolute Gasteiger partial charge is 0.191 e. The molecule has 0 fully saturated rings. The molecule has 0 saturated carbocycles. The van der Waals surface area contributed by atoms with Crippen molar-refractivity contribution >= 4 is 40.8 Å². The maximum atomic E-state index is 4.24. The number of halogens is 1. The molecule has 0 bridgehead atoms. The molecular weight excluding hydrogens is 375 g/mol. The molecule has 2 aromatic rings. The lowest BCUT2D eigenvalue weighted by molar-refractivity contribution is 0.624. The van der Waals surface area contributed by atoms with Crippen LogP contribution in [0.4, 0.5) is 0 Å². The third-order valence-electron chi connectivity index (χ3n) is 3.58. The summed E-state index contributed by atoms with van der Waals surface area (Å²) in [6.45, 7) is 5.20. The third kappa shape index (κ3) is 4.91. The fourth-order valence-corrected chi connectivity index (χ4v) is 2.18. The molecule has 3 N–H and O–H groups in total. The quantitative estimate of drug-likeness (QED) is 0.410. The first-order valence-electron chi connectivity index (χ1n) is 7.26. The van der Waals surface area contributed by atoms with Crippen LogP contribution in [0.25, 0.3) is 10.9 Å². The summed E-state index contributed by atoms with van der Waals surface area (Å²) in [4.78, 5) is 7.55. The highest BCUT2D eigenvalue weighted by molar-refractivity contribution is 14.0. The number of nitrogens with one attached hydrogen (secondary N) is 3. The van der Waals surface area contributed by atoms with Gasteiger partial charge in [-0.15, -0.1) is 24.0 Å². The molecule has 1 atom stereocenters. The topological polar surface area (TPSA) is 52.2 Å². The van der Waals surface area contributed by atoms with E-state index in [1.165, 1.54) is 16.5 Å². The molecule has 116 valence electrons. The zero-order valence-electron chi connectivity index (χ0n) is 12.9. The van der Waals surface area contributed by atoms with Crippen LogP contribution in [-0.4, -0.2) is 30.6 Å². The Morgan fingerprint density at radius 3 is 2.81 bits per heavy atom. The van der Waals surface area contributed by atoms with Gasteiger partial charge < -0.3 is 15.6 Å². The minimum atomic E-state index is 0. The van der Waals surface area contributed by atoms with Gasteiger partial charge in [0, 0.05) is 36.7 Å². The number of H-pyrrole nitrogens is 1. The Hall–Kier alpha value is -1.24. The van der Waals surface area contributed by atoms with Crippen molar-refractivity contribution in [1.29, 1.82) is 0 Å². The second kappa shape index (κ2) is 8.92. The van der Waals surface area contributed by atoms with Gasteiger partial charge in [-0.2, -0.15) is 0 Å². The molecule has 0 aliphatic carbocycles. The van der Waals surface area contributed by atoms with E-state index in [4.69, 9.17) is 0 Å². The van der Waals surface area contributed by atoms with E-state index in [0.717, 1.165) is 25.3 Å². The van der Waals surface area contributed by atoms with E-state index in [9.17, 15) is 0 Å². The van der Waals surface area contributed by atoms with E-state index in [0.29, 0.717) is 6.04 Å². The maximum Gasteiger partial charge on any atom is 0.191 e. The zero-order chi connectivity index (χ0) is 14.4. The minimum Gasteiger partial charge on any atom is -0.361 e. The molecule has 0 saturated heterocycles. The fourth-order valence-electron chi connectivity index (χ4n) is 2.18. The number of nitrogens with zero attached hydrogens (tertiary/aromatic N) is 1. The molecule has 2 rings (SSSR count). The van der Waals surface area contributed by atoms with Crippen molar-refractivity contribution in [2.45, 2.75) is 32.7 Å². The van der Waals surface area contributed by atoms with E-state index in [-0.39, 0.29) is 24.0 Å². The van der Waals surface area contributed by atoms with E-state index >= 15 is 0 Å². The van der Waals surface area contributed by atoms with Crippen LogP contribution in [0.1, 0.15) is 25.8 Å². The average Bonchev–Trinajstić information content (AvgIpc) is 2.89. The summed E-state index contributed by atoms with van der Waals surface area (Å²) in [7, 11) is 1.81. The lowest BCUT2D eigenvalue weighted by Gasteiger charge is -2.16. The van der Waals surface area contributed by atoms with Crippen molar-refractivity contribution < 1.29 is 0 Å². The van der Waals surface area contributed by atoms with Gasteiger partial charge in [0.2, 0.25) is 0 Å². The van der Waals surface area contributed by atoms with E-state index in [1.807, 2.05) is 7.05 Å². The fraction of sp³-hybridized carbons (Fsp3) is 0.438. The highest BCUT2D eigenvalue weighted by atomic mass is 127. The van der Waals surface area contributed by atoms with Crippen LogP contribution in [0.15, 0.2) is 35.5 Å². The number of hydrogen-bond donors (Lipinski definition) is 3. The van der Waals surface area contributed by atoms with Crippen LogP contribution in [0.2, 0.25) is 0 Å². The summed E-state index contributed by atoms with van der Waals surface area (Å²) in [5.74, 6) is 0.874. The van der Waals surface area contributed by atoms with Gasteiger partial charge in [-0.1, -0.05) is 25.1 Å². The lowest BCUT2D eigenvalue weighted by Crippen LogP contribution is -2.42. The van der Waals surface area contributed by atoms with Crippen molar-refractivity contribution in [3.8, 4) is 0 Å². The molecule has 0 aliphatic heterocycles. The number of rotatable bonds is 5. The predicted octanol–water partition coefficient (Wildman–Crippen LogP) is 3.29. The molecular formula is C16H25IN4. The number of aromatic amines is 1. The number of benzene rings is 1. The standard InChI is InChI=1S/C16H24N4.HI/c1-4-12(2)20-16(17-3)18-10-9-13-11-19-15-8-6-5-7-14(13)15;/h5-8,11-12,19H,4,9-10H2,1-3H3,(H2,17,18,20);1H. The Morgan fingerprint density at radius 1 is 1.33 bits per heavy atom. The second-order valence-corrected chi connectivity index (χ2v) is 5.06. The number of fused-ring (bicyclic) bond motifs is 1. The lowest BCUT2D eigenvalue weighted by atomic mass is 10.1. The van der Waals surface area contributed by atoms with Gasteiger partial charge >= 0.3 is 0 Å². The van der Waals surface area contributed by atoms with Crippen molar-refractivity contribution in [3.63, 3.8) is 0 Å². The first-order chi connectivity index (χ1) is 9.74.